The molecule has 0 aliphatic carbocycles. The van der Waals surface area contributed by atoms with Crippen LogP contribution in [0.5, 0.6) is 0 Å². The molecule has 0 spiro atoms. The van der Waals surface area contributed by atoms with Crippen molar-refractivity contribution in [1.29, 1.82) is 0 Å². The zero-order valence-corrected chi connectivity index (χ0v) is 10.2. The van der Waals surface area contributed by atoms with Crippen LogP contribution in [0.25, 0.3) is 0 Å². The molecule has 0 aromatic carbocycles. The van der Waals surface area contributed by atoms with E-state index in [1.54, 1.807) is 7.05 Å². The van der Waals surface area contributed by atoms with Crippen LogP contribution >= 0.6 is 24.0 Å². The van der Waals surface area contributed by atoms with Crippen molar-refractivity contribution in [2.24, 2.45) is 10.7 Å². The second kappa shape index (κ2) is 5.05. The minimum Gasteiger partial charge on any atom is -0.370 e. The van der Waals surface area contributed by atoms with Gasteiger partial charge in [0.2, 0.25) is 0 Å². The smallest absolute Gasteiger partial charge is 0.192 e. The first-order chi connectivity index (χ1) is 5.65. The Morgan fingerprint density at radius 1 is 1.54 bits per heavy atom. The molecule has 0 radical (unpaired) electrons. The normalized spacial score (nSPS) is 10.8. The van der Waals surface area contributed by atoms with Gasteiger partial charge in [-0.1, -0.05) is 0 Å². The van der Waals surface area contributed by atoms with Gasteiger partial charge in [0.15, 0.2) is 5.96 Å². The van der Waals surface area contributed by atoms with E-state index in [-0.39, 0.29) is 24.0 Å². The van der Waals surface area contributed by atoms with Gasteiger partial charge in [0, 0.05) is 7.05 Å². The predicted molar refractivity (Wildman–Crippen MR) is 64.6 cm³/mol. The molecule has 0 bridgehead atoms. The van der Waals surface area contributed by atoms with Crippen molar-refractivity contribution in [3.8, 4) is 0 Å². The maximum absolute atomic E-state index is 5.50. The van der Waals surface area contributed by atoms with Crippen LogP contribution in [0, 0.1) is 13.8 Å². The molecule has 5 nitrogen and oxygen atoms in total. The fourth-order valence-electron chi connectivity index (χ4n) is 0.919. The van der Waals surface area contributed by atoms with Gasteiger partial charge in [0.05, 0.1) is 17.1 Å². The molecule has 6 heteroatoms. The molecule has 1 aromatic heterocycles. The maximum Gasteiger partial charge on any atom is 0.192 e. The zero-order chi connectivity index (χ0) is 9.14. The molecule has 0 aliphatic rings. The van der Waals surface area contributed by atoms with Crippen molar-refractivity contribution >= 4 is 35.6 Å². The average molecular weight is 295 g/mol. The lowest BCUT2D eigenvalue weighted by Crippen LogP contribution is -2.22. The number of nitrogens with one attached hydrogen (secondary N) is 2. The Morgan fingerprint density at radius 3 is 2.54 bits per heavy atom. The largest absolute Gasteiger partial charge is 0.370 e. The van der Waals surface area contributed by atoms with Crippen molar-refractivity contribution < 1.29 is 0 Å². The van der Waals surface area contributed by atoms with E-state index in [2.05, 4.69) is 20.5 Å². The van der Waals surface area contributed by atoms with E-state index in [0.29, 0.717) is 5.96 Å². The number of hydrogen-bond donors (Lipinski definition) is 3. The highest BCUT2D eigenvalue weighted by molar-refractivity contribution is 14.0. The minimum absolute atomic E-state index is 0. The Labute approximate surface area is 94.2 Å². The zero-order valence-electron chi connectivity index (χ0n) is 7.88. The fraction of sp³-hybridized carbons (Fsp3) is 0.429. The van der Waals surface area contributed by atoms with Crippen LogP contribution in [0.4, 0.5) is 5.69 Å². The molecule has 0 saturated carbocycles. The number of aromatic amines is 1. The number of halogens is 1. The molecule has 1 heterocycles. The van der Waals surface area contributed by atoms with Gasteiger partial charge in [-0.15, -0.1) is 24.0 Å². The first-order valence-electron chi connectivity index (χ1n) is 3.66. The molecule has 0 fully saturated rings. The molecular formula is C7H14IN5. The number of hydrogen-bond acceptors (Lipinski definition) is 2. The highest BCUT2D eigenvalue weighted by Gasteiger charge is 2.05. The van der Waals surface area contributed by atoms with E-state index in [1.807, 2.05) is 13.8 Å². The van der Waals surface area contributed by atoms with Crippen LogP contribution in [0.2, 0.25) is 0 Å². The summed E-state index contributed by atoms with van der Waals surface area (Å²) < 4.78 is 0. The predicted octanol–water partition coefficient (Wildman–Crippen LogP) is 1.00. The number of aliphatic imine (C=N–C) groups is 1. The molecule has 4 N–H and O–H groups in total. The molecular weight excluding hydrogens is 281 g/mol. The first kappa shape index (κ1) is 12.2. The number of aryl methyl sites for hydroxylation is 2. The van der Waals surface area contributed by atoms with Crippen LogP contribution in [0.15, 0.2) is 4.99 Å². The number of aromatic nitrogens is 2. The average Bonchev–Trinajstić information content (AvgIpc) is 2.35. The second-order valence-corrected chi connectivity index (χ2v) is 2.54. The fourth-order valence-corrected chi connectivity index (χ4v) is 0.919. The number of H-pyrrole nitrogens is 1. The minimum atomic E-state index is 0. The monoisotopic (exact) mass is 295 g/mol. The van der Waals surface area contributed by atoms with Gasteiger partial charge in [-0.3, -0.25) is 10.1 Å². The highest BCUT2D eigenvalue weighted by Crippen LogP contribution is 2.14. The van der Waals surface area contributed by atoms with Gasteiger partial charge in [-0.25, -0.2) is 0 Å². The van der Waals surface area contributed by atoms with Crippen molar-refractivity contribution in [2.75, 3.05) is 12.4 Å². The van der Waals surface area contributed by atoms with E-state index in [4.69, 9.17) is 5.73 Å². The summed E-state index contributed by atoms with van der Waals surface area (Å²) in [4.78, 5) is 3.79. The van der Waals surface area contributed by atoms with Crippen LogP contribution in [0.1, 0.15) is 11.4 Å². The Morgan fingerprint density at radius 2 is 2.15 bits per heavy atom. The Hall–Kier alpha value is -0.790. The van der Waals surface area contributed by atoms with Crippen molar-refractivity contribution in [2.45, 2.75) is 13.8 Å². The lowest BCUT2D eigenvalue weighted by atomic mass is 10.3. The van der Waals surface area contributed by atoms with Crippen LogP contribution in [0.3, 0.4) is 0 Å². The third-order valence-electron chi connectivity index (χ3n) is 1.62. The standard InChI is InChI=1S/C7H13N5.HI/c1-4-6(5(2)12-11-4)10-7(8)9-3;/h1-3H3,(H,11,12)(H3,8,9,10);1H. The summed E-state index contributed by atoms with van der Waals surface area (Å²) in [6.07, 6.45) is 0. The topological polar surface area (TPSA) is 79.1 Å². The van der Waals surface area contributed by atoms with Crippen molar-refractivity contribution in [3.05, 3.63) is 11.4 Å². The number of guanidine groups is 1. The Bertz CT molecular complexity index is 284. The van der Waals surface area contributed by atoms with E-state index in [1.165, 1.54) is 0 Å². The van der Waals surface area contributed by atoms with Gasteiger partial charge in [-0.2, -0.15) is 5.10 Å². The third kappa shape index (κ3) is 2.87. The lowest BCUT2D eigenvalue weighted by Gasteiger charge is -2.03. The van der Waals surface area contributed by atoms with E-state index in [9.17, 15) is 0 Å². The SMILES string of the molecule is CN=C(N)Nc1c(C)n[nH]c1C.I. The van der Waals surface area contributed by atoms with Crippen LogP contribution < -0.4 is 11.1 Å². The summed E-state index contributed by atoms with van der Waals surface area (Å²) in [6, 6.07) is 0. The van der Waals surface area contributed by atoms with Gasteiger partial charge in [0.1, 0.15) is 0 Å². The molecule has 0 saturated heterocycles. The molecule has 0 unspecified atom stereocenters. The Balaban J connectivity index is 0.00000144. The van der Waals surface area contributed by atoms with Gasteiger partial charge < -0.3 is 11.1 Å². The summed E-state index contributed by atoms with van der Waals surface area (Å²) in [5.74, 6) is 0.391. The molecule has 1 aromatic rings. The van der Waals surface area contributed by atoms with Gasteiger partial charge in [-0.05, 0) is 13.8 Å². The first-order valence-corrected chi connectivity index (χ1v) is 3.66. The molecule has 74 valence electrons. The summed E-state index contributed by atoms with van der Waals surface area (Å²) >= 11 is 0. The molecule has 13 heavy (non-hydrogen) atoms. The second-order valence-electron chi connectivity index (χ2n) is 2.54. The van der Waals surface area contributed by atoms with Gasteiger partial charge in [0.25, 0.3) is 0 Å². The molecule has 1 rings (SSSR count). The maximum atomic E-state index is 5.50. The summed E-state index contributed by atoms with van der Waals surface area (Å²) in [5, 5.41) is 9.79. The Kier molecular flexibility index (Phi) is 4.74. The summed E-state index contributed by atoms with van der Waals surface area (Å²) in [5.41, 5.74) is 8.25. The highest BCUT2D eigenvalue weighted by atomic mass is 127. The van der Waals surface area contributed by atoms with Crippen molar-refractivity contribution in [3.63, 3.8) is 0 Å². The van der Waals surface area contributed by atoms with Crippen LogP contribution in [-0.4, -0.2) is 23.2 Å². The van der Waals surface area contributed by atoms with E-state index < -0.39 is 0 Å². The summed E-state index contributed by atoms with van der Waals surface area (Å²) in [7, 11) is 1.63. The number of anilines is 1. The molecule has 0 aliphatic heterocycles. The summed E-state index contributed by atoms with van der Waals surface area (Å²) in [6.45, 7) is 3.82. The molecule has 0 atom stereocenters. The number of nitrogens with zero attached hydrogens (tertiary/aromatic N) is 2. The van der Waals surface area contributed by atoms with E-state index >= 15 is 0 Å². The lowest BCUT2D eigenvalue weighted by molar-refractivity contribution is 1.02. The molecule has 0 amide bonds. The quantitative estimate of drug-likeness (QED) is 0.411. The van der Waals surface area contributed by atoms with Gasteiger partial charge >= 0.3 is 0 Å². The van der Waals surface area contributed by atoms with Crippen molar-refractivity contribution in [1.82, 2.24) is 10.2 Å². The van der Waals surface area contributed by atoms with Crippen LogP contribution in [-0.2, 0) is 0 Å². The van der Waals surface area contributed by atoms with E-state index in [0.717, 1.165) is 17.1 Å². The number of rotatable bonds is 1. The number of nitrogens with two attached hydrogens (primary N) is 1. The third-order valence-corrected chi connectivity index (χ3v) is 1.62.